The molecule has 14 heteroatoms. The lowest BCUT2D eigenvalue weighted by molar-refractivity contribution is -0.291. The summed E-state index contributed by atoms with van der Waals surface area (Å²) >= 11 is 5.93. The molecule has 0 radical (unpaired) electrons. The maximum Gasteiger partial charge on any atom is 0.459 e. The van der Waals surface area contributed by atoms with Gasteiger partial charge in [0, 0.05) is 30.9 Å². The van der Waals surface area contributed by atoms with E-state index in [2.05, 4.69) is 20.5 Å². The molecule has 3 heterocycles. The normalized spacial score (nSPS) is 12.3. The maximum atomic E-state index is 14.4. The number of amides is 1. The molecule has 0 spiro atoms. The average Bonchev–Trinajstić information content (AvgIpc) is 3.38. The summed E-state index contributed by atoms with van der Waals surface area (Å²) in [5, 5.41) is 10.8. The van der Waals surface area contributed by atoms with E-state index in [1.165, 1.54) is 12.1 Å². The van der Waals surface area contributed by atoms with E-state index in [-0.39, 0.29) is 22.3 Å². The molecule has 7 nitrogen and oxygen atoms in total. The number of aryl methyl sites for hydroxylation is 2. The Morgan fingerprint density at radius 3 is 2.39 bits per heavy atom. The van der Waals surface area contributed by atoms with E-state index >= 15 is 0 Å². The van der Waals surface area contributed by atoms with Crippen molar-refractivity contribution < 1.29 is 31.1 Å². The van der Waals surface area contributed by atoms with Gasteiger partial charge in [0.1, 0.15) is 11.5 Å². The number of hydrogen-bond donors (Lipinski definition) is 1. The summed E-state index contributed by atoms with van der Waals surface area (Å²) in [6.45, 7) is 2.29. The number of nitrogens with one attached hydrogen (secondary N) is 1. The molecule has 36 heavy (non-hydrogen) atoms. The highest BCUT2D eigenvalue weighted by atomic mass is 35.5. The van der Waals surface area contributed by atoms with Gasteiger partial charge in [0.25, 0.3) is 5.91 Å². The second-order valence-corrected chi connectivity index (χ2v) is 8.25. The zero-order valence-corrected chi connectivity index (χ0v) is 19.2. The van der Waals surface area contributed by atoms with Crippen molar-refractivity contribution in [3.05, 3.63) is 70.5 Å². The lowest BCUT2D eigenvalue weighted by atomic mass is 10.1. The number of carbonyl (C=O) groups is 1. The molecule has 0 saturated heterocycles. The van der Waals surface area contributed by atoms with Crippen molar-refractivity contribution in [3.63, 3.8) is 0 Å². The first-order valence-corrected chi connectivity index (χ1v) is 10.8. The third-order valence-corrected chi connectivity index (χ3v) is 5.58. The smallest absolute Gasteiger partial charge is 0.351 e. The zero-order chi connectivity index (χ0) is 26.3. The monoisotopic (exact) mass is 530 g/mol. The second kappa shape index (κ2) is 9.45. The Bertz CT molecular complexity index is 1390. The van der Waals surface area contributed by atoms with E-state index in [9.17, 15) is 31.1 Å². The van der Waals surface area contributed by atoms with Crippen molar-refractivity contribution in [2.24, 2.45) is 0 Å². The number of halogens is 7. The molecule has 0 unspecified atom stereocenters. The van der Waals surface area contributed by atoms with Gasteiger partial charge in [0.2, 0.25) is 0 Å². The zero-order valence-electron chi connectivity index (χ0n) is 18.5. The summed E-state index contributed by atoms with van der Waals surface area (Å²) < 4.78 is 83.6. The molecule has 0 aliphatic heterocycles. The van der Waals surface area contributed by atoms with Gasteiger partial charge in [0.15, 0.2) is 11.3 Å². The van der Waals surface area contributed by atoms with Crippen LogP contribution in [0, 0.1) is 12.7 Å². The highest BCUT2D eigenvalue weighted by Gasteiger charge is 2.60. The van der Waals surface area contributed by atoms with Gasteiger partial charge < -0.3 is 5.32 Å². The van der Waals surface area contributed by atoms with Gasteiger partial charge in [-0.05, 0) is 43.7 Å². The molecule has 1 N–H and O–H groups in total. The fourth-order valence-corrected chi connectivity index (χ4v) is 3.51. The number of hydrogen-bond acceptors (Lipinski definition) is 4. The molecular weight excluding hydrogens is 514 g/mol. The van der Waals surface area contributed by atoms with Crippen LogP contribution in [0.4, 0.5) is 26.3 Å². The van der Waals surface area contributed by atoms with Crippen LogP contribution in [-0.2, 0) is 12.5 Å². The molecule has 0 atom stereocenters. The predicted molar refractivity (Wildman–Crippen MR) is 117 cm³/mol. The highest BCUT2D eigenvalue weighted by molar-refractivity contribution is 6.31. The predicted octanol–water partition coefficient (Wildman–Crippen LogP) is 5.17. The molecule has 3 aromatic heterocycles. The summed E-state index contributed by atoms with van der Waals surface area (Å²) in [6, 6.07) is 5.89. The third-order valence-electron chi connectivity index (χ3n) is 5.21. The minimum Gasteiger partial charge on any atom is -0.351 e. The van der Waals surface area contributed by atoms with E-state index in [0.717, 1.165) is 18.2 Å². The highest BCUT2D eigenvalue weighted by Crippen LogP contribution is 2.44. The van der Waals surface area contributed by atoms with Crippen LogP contribution >= 0.6 is 11.6 Å². The van der Waals surface area contributed by atoms with E-state index in [4.69, 9.17) is 11.6 Å². The van der Waals surface area contributed by atoms with Crippen LogP contribution in [0.15, 0.2) is 42.6 Å². The standard InChI is InChI=1S/C22H17ClF6N6O/c1-12-15(23)11-34(32-12)8-2-7-30-20(36)17-10-19-31-16(13-3-5-14(24)6-4-13)9-18(35(19)33-17)21(25,26)22(27,28)29/h3-6,9-11H,2,7-8H2,1H3,(H,30,36). The first-order valence-electron chi connectivity index (χ1n) is 10.5. The number of fused-ring (bicyclic) bond motifs is 1. The van der Waals surface area contributed by atoms with Crippen molar-refractivity contribution in [1.82, 2.24) is 29.7 Å². The van der Waals surface area contributed by atoms with Crippen LogP contribution in [0.3, 0.4) is 0 Å². The molecule has 4 aromatic rings. The quantitative estimate of drug-likeness (QED) is 0.264. The molecular formula is C22H17ClF6N6O. The number of aromatic nitrogens is 5. The summed E-state index contributed by atoms with van der Waals surface area (Å²) in [5.74, 6) is -6.74. The van der Waals surface area contributed by atoms with Crippen LogP contribution in [0.2, 0.25) is 5.02 Å². The third kappa shape index (κ3) is 5.01. The second-order valence-electron chi connectivity index (χ2n) is 7.84. The van der Waals surface area contributed by atoms with E-state index in [1.807, 2.05) is 0 Å². The van der Waals surface area contributed by atoms with Gasteiger partial charge in [-0.2, -0.15) is 32.1 Å². The molecule has 190 valence electrons. The SMILES string of the molecule is Cc1nn(CCCNC(=O)c2cc3nc(-c4ccc(F)cc4)cc(C(F)(F)C(F)(F)F)n3n2)cc1Cl. The number of carbonyl (C=O) groups excluding carboxylic acids is 1. The Balaban J connectivity index is 1.62. The minimum atomic E-state index is -5.94. The average molecular weight is 531 g/mol. The van der Waals surface area contributed by atoms with Crippen LogP contribution in [0.5, 0.6) is 0 Å². The van der Waals surface area contributed by atoms with Gasteiger partial charge >= 0.3 is 12.1 Å². The van der Waals surface area contributed by atoms with Crippen molar-refractivity contribution in [3.8, 4) is 11.3 Å². The number of alkyl halides is 5. The van der Waals surface area contributed by atoms with Gasteiger partial charge in [-0.25, -0.2) is 13.9 Å². The van der Waals surface area contributed by atoms with E-state index < -0.39 is 40.9 Å². The lowest BCUT2D eigenvalue weighted by Gasteiger charge is -2.21. The van der Waals surface area contributed by atoms with Gasteiger partial charge in [-0.15, -0.1) is 0 Å². The van der Waals surface area contributed by atoms with E-state index in [1.54, 1.807) is 17.8 Å². The molecule has 0 saturated carbocycles. The molecule has 0 aliphatic rings. The van der Waals surface area contributed by atoms with Gasteiger partial charge in [-0.3, -0.25) is 9.48 Å². The molecule has 0 fully saturated rings. The van der Waals surface area contributed by atoms with Crippen molar-refractivity contribution in [2.75, 3.05) is 6.54 Å². The topological polar surface area (TPSA) is 77.1 Å². The van der Waals surface area contributed by atoms with E-state index in [0.29, 0.717) is 29.7 Å². The fraction of sp³-hybridized carbons (Fsp3) is 0.273. The Kier molecular flexibility index (Phi) is 6.69. The first kappa shape index (κ1) is 25.5. The Morgan fingerprint density at radius 1 is 1.08 bits per heavy atom. The summed E-state index contributed by atoms with van der Waals surface area (Å²) in [4.78, 5) is 16.6. The summed E-state index contributed by atoms with van der Waals surface area (Å²) in [7, 11) is 0. The van der Waals surface area contributed by atoms with Crippen molar-refractivity contribution in [2.45, 2.75) is 32.0 Å². The molecule has 1 amide bonds. The largest absolute Gasteiger partial charge is 0.459 e. The number of rotatable bonds is 7. The van der Waals surface area contributed by atoms with Gasteiger partial charge in [0.05, 0.1) is 16.4 Å². The first-order chi connectivity index (χ1) is 16.9. The van der Waals surface area contributed by atoms with Crippen LogP contribution in [0.25, 0.3) is 16.9 Å². The lowest BCUT2D eigenvalue weighted by Crippen LogP contribution is -2.36. The van der Waals surface area contributed by atoms with Gasteiger partial charge in [-0.1, -0.05) is 11.6 Å². The Labute approximate surface area is 204 Å². The maximum absolute atomic E-state index is 14.4. The molecule has 1 aromatic carbocycles. The molecule has 0 aliphatic carbocycles. The number of nitrogens with zero attached hydrogens (tertiary/aromatic N) is 5. The van der Waals surface area contributed by atoms with Crippen LogP contribution in [-0.4, -0.2) is 43.0 Å². The summed E-state index contributed by atoms with van der Waals surface area (Å²) in [6.07, 6.45) is -3.89. The minimum absolute atomic E-state index is 0.0966. The molecule has 4 rings (SSSR count). The molecule has 0 bridgehead atoms. The van der Waals surface area contributed by atoms with Crippen LogP contribution in [0.1, 0.15) is 28.3 Å². The summed E-state index contributed by atoms with van der Waals surface area (Å²) in [5.41, 5.74) is -1.90. The van der Waals surface area contributed by atoms with Crippen molar-refractivity contribution in [1.29, 1.82) is 0 Å². The Morgan fingerprint density at radius 2 is 1.78 bits per heavy atom. The van der Waals surface area contributed by atoms with Crippen molar-refractivity contribution >= 4 is 23.2 Å². The number of benzene rings is 1. The van der Waals surface area contributed by atoms with Crippen LogP contribution < -0.4 is 5.32 Å². The fourth-order valence-electron chi connectivity index (χ4n) is 3.36. The Hall–Kier alpha value is -3.61.